The summed E-state index contributed by atoms with van der Waals surface area (Å²) in [6, 6.07) is 9.80. The maximum Gasteiger partial charge on any atom is 0.254 e. The molecule has 1 aromatic carbocycles. The Morgan fingerprint density at radius 1 is 1.33 bits per heavy atom. The van der Waals surface area contributed by atoms with E-state index in [4.69, 9.17) is 5.73 Å². The number of aromatic nitrogens is 1. The first kappa shape index (κ1) is 14.0. The lowest BCUT2D eigenvalue weighted by Crippen LogP contribution is -2.41. The van der Waals surface area contributed by atoms with E-state index in [-0.39, 0.29) is 11.9 Å². The second-order valence-electron chi connectivity index (χ2n) is 5.79. The second kappa shape index (κ2) is 5.82. The van der Waals surface area contributed by atoms with E-state index in [2.05, 4.69) is 4.98 Å². The van der Waals surface area contributed by atoms with Crippen molar-refractivity contribution in [3.05, 3.63) is 42.1 Å². The number of hydrogen-bond acceptors (Lipinski definition) is 3. The first-order valence-corrected chi connectivity index (χ1v) is 7.53. The van der Waals surface area contributed by atoms with Crippen LogP contribution in [0.4, 0.5) is 0 Å². The Labute approximate surface area is 125 Å². The lowest BCUT2D eigenvalue weighted by molar-refractivity contribution is 0.0702. The fourth-order valence-electron chi connectivity index (χ4n) is 3.43. The van der Waals surface area contributed by atoms with Crippen molar-refractivity contribution in [3.63, 3.8) is 0 Å². The summed E-state index contributed by atoms with van der Waals surface area (Å²) in [4.78, 5) is 19.1. The lowest BCUT2D eigenvalue weighted by Gasteiger charge is -2.29. The predicted octanol–water partition coefficient (Wildman–Crippen LogP) is 2.43. The summed E-state index contributed by atoms with van der Waals surface area (Å²) in [6.07, 6.45) is 5.08. The molecule has 2 atom stereocenters. The molecule has 0 aliphatic heterocycles. The Bertz CT molecular complexity index is 650. The predicted molar refractivity (Wildman–Crippen MR) is 84.0 cm³/mol. The van der Waals surface area contributed by atoms with Crippen LogP contribution in [0, 0.1) is 5.92 Å². The molecule has 1 aromatic heterocycles. The first-order valence-electron chi connectivity index (χ1n) is 7.53. The van der Waals surface area contributed by atoms with Gasteiger partial charge in [-0.05, 0) is 43.5 Å². The van der Waals surface area contributed by atoms with Crippen LogP contribution < -0.4 is 5.73 Å². The molecule has 1 amide bonds. The summed E-state index contributed by atoms with van der Waals surface area (Å²) in [5, 5.41) is 0.916. The van der Waals surface area contributed by atoms with E-state index in [0.717, 1.165) is 35.7 Å². The minimum atomic E-state index is 0.0685. The van der Waals surface area contributed by atoms with Crippen LogP contribution >= 0.6 is 0 Å². The summed E-state index contributed by atoms with van der Waals surface area (Å²) in [7, 11) is 1.90. The van der Waals surface area contributed by atoms with Crippen LogP contribution in [-0.4, -0.2) is 35.4 Å². The molecule has 0 saturated heterocycles. The quantitative estimate of drug-likeness (QED) is 0.941. The Balaban J connectivity index is 1.93. The number of pyridine rings is 1. The van der Waals surface area contributed by atoms with Crippen LogP contribution in [0.2, 0.25) is 0 Å². The molecule has 0 bridgehead atoms. The normalized spacial score (nSPS) is 21.6. The highest BCUT2D eigenvalue weighted by atomic mass is 16.2. The van der Waals surface area contributed by atoms with Crippen molar-refractivity contribution in [1.82, 2.24) is 9.88 Å². The Kier molecular flexibility index (Phi) is 3.88. The molecule has 2 unspecified atom stereocenters. The average Bonchev–Trinajstić information content (AvgIpc) is 3.01. The van der Waals surface area contributed by atoms with Crippen LogP contribution in [-0.2, 0) is 0 Å². The number of rotatable bonds is 3. The van der Waals surface area contributed by atoms with Gasteiger partial charge in [-0.15, -0.1) is 0 Å². The molecule has 110 valence electrons. The van der Waals surface area contributed by atoms with Gasteiger partial charge < -0.3 is 10.6 Å². The van der Waals surface area contributed by atoms with E-state index >= 15 is 0 Å². The van der Waals surface area contributed by atoms with E-state index < -0.39 is 0 Å². The zero-order chi connectivity index (χ0) is 14.8. The highest BCUT2D eigenvalue weighted by Gasteiger charge is 2.32. The van der Waals surface area contributed by atoms with E-state index in [1.54, 1.807) is 6.20 Å². The number of carbonyl (C=O) groups excluding carboxylic acids is 1. The molecule has 1 heterocycles. The van der Waals surface area contributed by atoms with Crippen molar-refractivity contribution in [2.75, 3.05) is 13.6 Å². The number of amides is 1. The monoisotopic (exact) mass is 283 g/mol. The van der Waals surface area contributed by atoms with Crippen molar-refractivity contribution in [1.29, 1.82) is 0 Å². The van der Waals surface area contributed by atoms with Gasteiger partial charge >= 0.3 is 0 Å². The summed E-state index contributed by atoms with van der Waals surface area (Å²) in [5.41, 5.74) is 7.43. The fraction of sp³-hybridized carbons (Fsp3) is 0.412. The van der Waals surface area contributed by atoms with Crippen LogP contribution in [0.15, 0.2) is 36.5 Å². The number of carbonyl (C=O) groups is 1. The number of nitrogens with two attached hydrogens (primary N) is 1. The third-order valence-corrected chi connectivity index (χ3v) is 4.62. The average molecular weight is 283 g/mol. The highest BCUT2D eigenvalue weighted by molar-refractivity contribution is 6.06. The van der Waals surface area contributed by atoms with Gasteiger partial charge in [0.25, 0.3) is 5.91 Å². The number of fused-ring (bicyclic) bond motifs is 1. The third-order valence-electron chi connectivity index (χ3n) is 4.62. The van der Waals surface area contributed by atoms with Crippen LogP contribution in [0.3, 0.4) is 0 Å². The van der Waals surface area contributed by atoms with Gasteiger partial charge in [0.1, 0.15) is 0 Å². The summed E-state index contributed by atoms with van der Waals surface area (Å²) in [6.45, 7) is 0.652. The molecule has 2 aromatic rings. The molecule has 0 spiro atoms. The number of hydrogen-bond donors (Lipinski definition) is 1. The molecular weight excluding hydrogens is 262 g/mol. The smallest absolute Gasteiger partial charge is 0.254 e. The zero-order valence-electron chi connectivity index (χ0n) is 12.3. The van der Waals surface area contributed by atoms with Crippen molar-refractivity contribution in [2.45, 2.75) is 25.3 Å². The first-order chi connectivity index (χ1) is 10.2. The van der Waals surface area contributed by atoms with Crippen molar-refractivity contribution in [3.8, 4) is 0 Å². The summed E-state index contributed by atoms with van der Waals surface area (Å²) < 4.78 is 0. The third kappa shape index (κ3) is 2.51. The molecule has 0 radical (unpaired) electrons. The van der Waals surface area contributed by atoms with Gasteiger partial charge in [-0.1, -0.05) is 18.6 Å². The molecule has 4 nitrogen and oxygen atoms in total. The molecular formula is C17H21N3O. The molecule has 1 aliphatic carbocycles. The molecule has 1 fully saturated rings. The standard InChI is InChI=1S/C17H21N3O/c1-20(16-9-2-5-12(16)11-18)17(21)14-6-3-8-15-13(14)7-4-10-19-15/h3-4,6-8,10,12,16H,2,5,9,11,18H2,1H3. The van der Waals surface area contributed by atoms with Gasteiger partial charge in [-0.2, -0.15) is 0 Å². The molecule has 1 saturated carbocycles. The molecule has 3 rings (SSSR count). The Morgan fingerprint density at radius 2 is 2.19 bits per heavy atom. The fourth-order valence-corrected chi connectivity index (χ4v) is 3.43. The van der Waals surface area contributed by atoms with Gasteiger partial charge in [0.05, 0.1) is 5.52 Å². The maximum absolute atomic E-state index is 12.9. The Morgan fingerprint density at radius 3 is 3.00 bits per heavy atom. The Hall–Kier alpha value is -1.94. The molecule has 2 N–H and O–H groups in total. The van der Waals surface area contributed by atoms with Crippen LogP contribution in [0.5, 0.6) is 0 Å². The maximum atomic E-state index is 12.9. The molecule has 4 heteroatoms. The topological polar surface area (TPSA) is 59.2 Å². The van der Waals surface area contributed by atoms with Gasteiger partial charge in [-0.3, -0.25) is 9.78 Å². The minimum absolute atomic E-state index is 0.0685. The van der Waals surface area contributed by atoms with E-state index in [9.17, 15) is 4.79 Å². The lowest BCUT2D eigenvalue weighted by atomic mass is 10.0. The van der Waals surface area contributed by atoms with E-state index in [0.29, 0.717) is 12.5 Å². The van der Waals surface area contributed by atoms with E-state index in [1.165, 1.54) is 0 Å². The van der Waals surface area contributed by atoms with Crippen LogP contribution in [0.1, 0.15) is 29.6 Å². The van der Waals surface area contributed by atoms with Gasteiger partial charge in [0.15, 0.2) is 0 Å². The number of nitrogens with zero attached hydrogens (tertiary/aromatic N) is 2. The zero-order valence-corrected chi connectivity index (χ0v) is 12.3. The van der Waals surface area contributed by atoms with Crippen molar-refractivity contribution < 1.29 is 4.79 Å². The minimum Gasteiger partial charge on any atom is -0.338 e. The van der Waals surface area contributed by atoms with Gasteiger partial charge in [-0.25, -0.2) is 0 Å². The molecule has 21 heavy (non-hydrogen) atoms. The SMILES string of the molecule is CN(C(=O)c1cccc2ncccc12)C1CCCC1CN. The van der Waals surface area contributed by atoms with Gasteiger partial charge in [0.2, 0.25) is 0 Å². The number of benzene rings is 1. The molecule has 1 aliphatic rings. The van der Waals surface area contributed by atoms with Gasteiger partial charge in [0, 0.05) is 30.2 Å². The largest absolute Gasteiger partial charge is 0.338 e. The van der Waals surface area contributed by atoms with E-state index in [1.807, 2.05) is 42.3 Å². The van der Waals surface area contributed by atoms with Crippen molar-refractivity contribution in [2.24, 2.45) is 11.7 Å². The van der Waals surface area contributed by atoms with Crippen LogP contribution in [0.25, 0.3) is 10.9 Å². The van der Waals surface area contributed by atoms with Crippen molar-refractivity contribution >= 4 is 16.8 Å². The second-order valence-corrected chi connectivity index (χ2v) is 5.79. The summed E-state index contributed by atoms with van der Waals surface area (Å²) >= 11 is 0. The summed E-state index contributed by atoms with van der Waals surface area (Å²) in [5.74, 6) is 0.492. The highest BCUT2D eigenvalue weighted by Crippen LogP contribution is 2.30.